The summed E-state index contributed by atoms with van der Waals surface area (Å²) in [5.41, 5.74) is 4.54. The van der Waals surface area contributed by atoms with Gasteiger partial charge in [0, 0.05) is 11.8 Å². The van der Waals surface area contributed by atoms with Gasteiger partial charge in [0.15, 0.2) is 0 Å². The van der Waals surface area contributed by atoms with Crippen molar-refractivity contribution in [3.63, 3.8) is 0 Å². The number of nitrogens with zero attached hydrogens (tertiary/aromatic N) is 3. The molecule has 5 aromatic rings. The molecule has 0 aliphatic carbocycles. The van der Waals surface area contributed by atoms with Gasteiger partial charge >= 0.3 is 0 Å². The maximum atomic E-state index is 12.9. The van der Waals surface area contributed by atoms with Crippen molar-refractivity contribution in [2.45, 2.75) is 0 Å². The number of carbonyl (C=O) groups excluding carboxylic acids is 1. The van der Waals surface area contributed by atoms with Gasteiger partial charge in [-0.15, -0.1) is 0 Å². The third-order valence-corrected chi connectivity index (χ3v) is 4.98. The highest BCUT2D eigenvalue weighted by Gasteiger charge is 2.16. The zero-order valence-electron chi connectivity index (χ0n) is 17.0. The Balaban J connectivity index is 1.38. The van der Waals surface area contributed by atoms with Gasteiger partial charge in [0.05, 0.1) is 11.3 Å². The minimum Gasteiger partial charge on any atom is -0.333 e. The molecular weight excluding hydrogens is 400 g/mol. The van der Waals surface area contributed by atoms with Gasteiger partial charge < -0.3 is 9.84 Å². The Bertz CT molecular complexity index is 1350. The van der Waals surface area contributed by atoms with E-state index in [2.05, 4.69) is 20.4 Å². The van der Waals surface area contributed by atoms with Gasteiger partial charge in [-0.05, 0) is 47.5 Å². The summed E-state index contributed by atoms with van der Waals surface area (Å²) in [7, 11) is 0. The largest absolute Gasteiger partial charge is 0.333 e. The van der Waals surface area contributed by atoms with Gasteiger partial charge in [-0.3, -0.25) is 9.78 Å². The van der Waals surface area contributed by atoms with Crippen LogP contribution in [0, 0.1) is 0 Å². The first-order chi connectivity index (χ1) is 15.8. The lowest BCUT2D eigenvalue weighted by Gasteiger charge is -2.09. The molecule has 0 fully saturated rings. The van der Waals surface area contributed by atoms with E-state index in [1.165, 1.54) is 0 Å². The van der Waals surface area contributed by atoms with Crippen molar-refractivity contribution in [2.75, 3.05) is 5.32 Å². The second-order valence-corrected chi connectivity index (χ2v) is 7.08. The molecule has 0 radical (unpaired) electrons. The van der Waals surface area contributed by atoms with Crippen LogP contribution in [0.25, 0.3) is 34.1 Å². The van der Waals surface area contributed by atoms with E-state index >= 15 is 0 Å². The lowest BCUT2D eigenvalue weighted by atomic mass is 10.0. The molecule has 5 rings (SSSR count). The summed E-state index contributed by atoms with van der Waals surface area (Å²) in [6, 6.07) is 30.3. The fourth-order valence-corrected chi connectivity index (χ4v) is 3.35. The summed E-state index contributed by atoms with van der Waals surface area (Å²) in [6.07, 6.45) is 1.67. The molecule has 1 N–H and O–H groups in total. The Hall–Kier alpha value is -4.58. The molecule has 0 aliphatic heterocycles. The number of carbonyl (C=O) groups is 1. The van der Waals surface area contributed by atoms with E-state index in [9.17, 15) is 4.79 Å². The molecule has 2 heterocycles. The average molecular weight is 418 g/mol. The van der Waals surface area contributed by atoms with Gasteiger partial charge in [-0.25, -0.2) is 0 Å². The second-order valence-electron chi connectivity index (χ2n) is 7.08. The molecule has 0 aliphatic rings. The van der Waals surface area contributed by atoms with Crippen LogP contribution >= 0.6 is 0 Å². The smallest absolute Gasteiger partial charge is 0.260 e. The number of nitrogens with one attached hydrogen (secondary N) is 1. The zero-order valence-corrected chi connectivity index (χ0v) is 17.0. The molecular formula is C26H18N4O2. The van der Waals surface area contributed by atoms with Crippen LogP contribution in [0.1, 0.15) is 10.4 Å². The highest BCUT2D eigenvalue weighted by Crippen LogP contribution is 2.28. The van der Waals surface area contributed by atoms with Crippen molar-refractivity contribution >= 4 is 11.6 Å². The van der Waals surface area contributed by atoms with Gasteiger partial charge in [-0.1, -0.05) is 65.8 Å². The van der Waals surface area contributed by atoms with Crippen LogP contribution in [-0.2, 0) is 0 Å². The minimum atomic E-state index is -0.221. The lowest BCUT2D eigenvalue weighted by Crippen LogP contribution is -2.12. The molecule has 6 heteroatoms. The number of benzene rings is 3. The van der Waals surface area contributed by atoms with E-state index in [0.717, 1.165) is 11.1 Å². The van der Waals surface area contributed by atoms with Crippen LogP contribution in [-0.4, -0.2) is 21.0 Å². The van der Waals surface area contributed by atoms with Crippen molar-refractivity contribution in [1.82, 2.24) is 15.1 Å². The second kappa shape index (κ2) is 8.65. The van der Waals surface area contributed by atoms with Gasteiger partial charge in [0.2, 0.25) is 5.82 Å². The SMILES string of the molecule is O=C(Nc1ccccc1-c1nc(-c2ccccn2)no1)c1ccc(-c2ccccc2)cc1. The summed E-state index contributed by atoms with van der Waals surface area (Å²) >= 11 is 0. The van der Waals surface area contributed by atoms with Crippen molar-refractivity contribution in [2.24, 2.45) is 0 Å². The summed E-state index contributed by atoms with van der Waals surface area (Å²) in [5.74, 6) is 0.473. The number of pyridine rings is 1. The number of para-hydroxylation sites is 1. The topological polar surface area (TPSA) is 80.9 Å². The quantitative estimate of drug-likeness (QED) is 0.395. The molecule has 32 heavy (non-hydrogen) atoms. The van der Waals surface area contributed by atoms with E-state index in [1.54, 1.807) is 18.3 Å². The van der Waals surface area contributed by atoms with Crippen LogP contribution in [0.4, 0.5) is 5.69 Å². The number of amides is 1. The first kappa shape index (κ1) is 19.4. The average Bonchev–Trinajstić information content (AvgIpc) is 3.36. The number of anilines is 1. The van der Waals surface area contributed by atoms with Crippen molar-refractivity contribution in [3.8, 4) is 34.1 Å². The van der Waals surface area contributed by atoms with Crippen LogP contribution in [0.3, 0.4) is 0 Å². The molecule has 2 aromatic heterocycles. The summed E-state index contributed by atoms with van der Waals surface area (Å²) in [5, 5.41) is 6.97. The minimum absolute atomic E-state index is 0.221. The first-order valence-electron chi connectivity index (χ1n) is 10.1. The van der Waals surface area contributed by atoms with E-state index in [-0.39, 0.29) is 5.91 Å². The zero-order chi connectivity index (χ0) is 21.8. The monoisotopic (exact) mass is 418 g/mol. The molecule has 6 nitrogen and oxygen atoms in total. The Morgan fingerprint density at radius 3 is 2.25 bits per heavy atom. The number of aromatic nitrogens is 3. The normalized spacial score (nSPS) is 10.6. The highest BCUT2D eigenvalue weighted by molar-refractivity contribution is 6.06. The Morgan fingerprint density at radius 2 is 1.47 bits per heavy atom. The van der Waals surface area contributed by atoms with E-state index in [0.29, 0.717) is 34.2 Å². The number of rotatable bonds is 5. The molecule has 0 unspecified atom stereocenters. The number of hydrogen-bond donors (Lipinski definition) is 1. The predicted octanol–water partition coefficient (Wildman–Crippen LogP) is 5.72. The fourth-order valence-electron chi connectivity index (χ4n) is 3.35. The van der Waals surface area contributed by atoms with Crippen LogP contribution in [0.15, 0.2) is 108 Å². The third-order valence-electron chi connectivity index (χ3n) is 4.98. The fraction of sp³-hybridized carbons (Fsp3) is 0. The van der Waals surface area contributed by atoms with Crippen molar-refractivity contribution in [1.29, 1.82) is 0 Å². The van der Waals surface area contributed by atoms with Gasteiger partial charge in [0.1, 0.15) is 5.69 Å². The Labute approximate surface area is 184 Å². The van der Waals surface area contributed by atoms with Crippen molar-refractivity contribution < 1.29 is 9.32 Å². The highest BCUT2D eigenvalue weighted by atomic mass is 16.5. The molecule has 0 atom stereocenters. The summed E-state index contributed by atoms with van der Waals surface area (Å²) in [6.45, 7) is 0. The molecule has 0 bridgehead atoms. The van der Waals surface area contributed by atoms with E-state index < -0.39 is 0 Å². The van der Waals surface area contributed by atoms with Gasteiger partial charge in [0.25, 0.3) is 11.8 Å². The summed E-state index contributed by atoms with van der Waals surface area (Å²) in [4.78, 5) is 21.6. The van der Waals surface area contributed by atoms with E-state index in [4.69, 9.17) is 4.52 Å². The lowest BCUT2D eigenvalue weighted by molar-refractivity contribution is 0.102. The molecule has 0 spiro atoms. The van der Waals surface area contributed by atoms with Crippen LogP contribution < -0.4 is 5.32 Å². The predicted molar refractivity (Wildman–Crippen MR) is 123 cm³/mol. The van der Waals surface area contributed by atoms with Gasteiger partial charge in [-0.2, -0.15) is 4.98 Å². The van der Waals surface area contributed by atoms with E-state index in [1.807, 2.05) is 84.9 Å². The standard InChI is InChI=1S/C26H18N4O2/c31-25(20-15-13-19(14-16-20)18-8-2-1-3-9-18)28-22-11-5-4-10-21(22)26-29-24(30-32-26)23-12-6-7-17-27-23/h1-17H,(H,28,31). The first-order valence-corrected chi connectivity index (χ1v) is 10.1. The molecule has 0 saturated heterocycles. The van der Waals surface area contributed by atoms with Crippen molar-refractivity contribution in [3.05, 3.63) is 109 Å². The Kier molecular flexibility index (Phi) is 5.24. The third kappa shape index (κ3) is 4.02. The maximum absolute atomic E-state index is 12.9. The molecule has 3 aromatic carbocycles. The Morgan fingerprint density at radius 1 is 0.750 bits per heavy atom. The maximum Gasteiger partial charge on any atom is 0.260 e. The molecule has 0 saturated carbocycles. The van der Waals surface area contributed by atoms with Crippen LogP contribution in [0.5, 0.6) is 0 Å². The summed E-state index contributed by atoms with van der Waals surface area (Å²) < 4.78 is 5.45. The molecule has 1 amide bonds. The molecule has 154 valence electrons. The van der Waals surface area contributed by atoms with Crippen LogP contribution in [0.2, 0.25) is 0 Å². The number of hydrogen-bond acceptors (Lipinski definition) is 5.